The standard InChI is InChI=1S/C9H15NO2/c1-3-8(9(11)12)5-4-7(2)6-10/h7-8H,3-5H2,1-2H3,(H,11,12). The fraction of sp³-hybridized carbons (Fsp3) is 0.778. The maximum atomic E-state index is 10.5. The van der Waals surface area contributed by atoms with E-state index in [4.69, 9.17) is 10.4 Å². The molecule has 0 heterocycles. The van der Waals surface area contributed by atoms with E-state index in [0.29, 0.717) is 19.3 Å². The number of rotatable bonds is 5. The molecule has 0 aliphatic rings. The van der Waals surface area contributed by atoms with Crippen molar-refractivity contribution in [2.75, 3.05) is 0 Å². The van der Waals surface area contributed by atoms with Crippen molar-refractivity contribution >= 4 is 5.97 Å². The first-order valence-corrected chi connectivity index (χ1v) is 4.24. The summed E-state index contributed by atoms with van der Waals surface area (Å²) in [5.41, 5.74) is 0. The summed E-state index contributed by atoms with van der Waals surface area (Å²) >= 11 is 0. The molecule has 0 aliphatic carbocycles. The molecule has 0 aromatic heterocycles. The smallest absolute Gasteiger partial charge is 0.306 e. The molecule has 0 fully saturated rings. The van der Waals surface area contributed by atoms with Crippen molar-refractivity contribution in [3.8, 4) is 6.07 Å². The van der Waals surface area contributed by atoms with Gasteiger partial charge in [0.1, 0.15) is 0 Å². The van der Waals surface area contributed by atoms with Crippen LogP contribution in [0.25, 0.3) is 0 Å². The quantitative estimate of drug-likeness (QED) is 0.685. The predicted octanol–water partition coefficient (Wildman–Crippen LogP) is 2.04. The number of nitrogens with zero attached hydrogens (tertiary/aromatic N) is 1. The Bertz CT molecular complexity index is 183. The van der Waals surface area contributed by atoms with Crippen molar-refractivity contribution < 1.29 is 9.90 Å². The zero-order valence-electron chi connectivity index (χ0n) is 7.58. The first-order chi connectivity index (χ1) is 5.61. The second-order valence-corrected chi connectivity index (χ2v) is 3.05. The third kappa shape index (κ3) is 3.97. The van der Waals surface area contributed by atoms with Gasteiger partial charge in [0.2, 0.25) is 0 Å². The number of carboxylic acids is 1. The van der Waals surface area contributed by atoms with Gasteiger partial charge in [-0.15, -0.1) is 0 Å². The second-order valence-electron chi connectivity index (χ2n) is 3.05. The van der Waals surface area contributed by atoms with Gasteiger partial charge in [0.25, 0.3) is 0 Å². The van der Waals surface area contributed by atoms with Crippen LogP contribution < -0.4 is 0 Å². The average molecular weight is 169 g/mol. The van der Waals surface area contributed by atoms with Gasteiger partial charge in [-0.2, -0.15) is 5.26 Å². The van der Waals surface area contributed by atoms with Gasteiger partial charge in [-0.25, -0.2) is 0 Å². The molecule has 2 atom stereocenters. The molecule has 68 valence electrons. The summed E-state index contributed by atoms with van der Waals surface area (Å²) in [5.74, 6) is -1.05. The lowest BCUT2D eigenvalue weighted by Gasteiger charge is -2.09. The van der Waals surface area contributed by atoms with Gasteiger partial charge in [-0.3, -0.25) is 4.79 Å². The molecule has 0 rings (SSSR count). The van der Waals surface area contributed by atoms with Crippen LogP contribution in [0.15, 0.2) is 0 Å². The van der Waals surface area contributed by atoms with E-state index in [1.165, 1.54) is 0 Å². The van der Waals surface area contributed by atoms with Crippen molar-refractivity contribution in [1.82, 2.24) is 0 Å². The molecule has 1 N–H and O–H groups in total. The molecular formula is C9H15NO2. The van der Waals surface area contributed by atoms with Gasteiger partial charge >= 0.3 is 5.97 Å². The molecular weight excluding hydrogens is 154 g/mol. The normalized spacial score (nSPS) is 14.8. The fourth-order valence-corrected chi connectivity index (χ4v) is 1.02. The van der Waals surface area contributed by atoms with E-state index in [0.717, 1.165) is 0 Å². The Kier molecular flexibility index (Phi) is 5.11. The van der Waals surface area contributed by atoms with E-state index < -0.39 is 5.97 Å². The minimum atomic E-state index is -0.748. The van der Waals surface area contributed by atoms with Crippen LogP contribution in [-0.4, -0.2) is 11.1 Å². The number of hydrogen-bond donors (Lipinski definition) is 1. The zero-order valence-corrected chi connectivity index (χ0v) is 7.58. The number of carbonyl (C=O) groups is 1. The van der Waals surface area contributed by atoms with Crippen LogP contribution in [0.3, 0.4) is 0 Å². The summed E-state index contributed by atoms with van der Waals surface area (Å²) in [6.45, 7) is 3.67. The molecule has 0 aliphatic heterocycles. The minimum Gasteiger partial charge on any atom is -0.481 e. The highest BCUT2D eigenvalue weighted by molar-refractivity contribution is 5.69. The summed E-state index contributed by atoms with van der Waals surface area (Å²) in [5, 5.41) is 17.1. The van der Waals surface area contributed by atoms with Gasteiger partial charge in [-0.05, 0) is 26.2 Å². The van der Waals surface area contributed by atoms with Crippen molar-refractivity contribution in [3.05, 3.63) is 0 Å². The molecule has 12 heavy (non-hydrogen) atoms. The van der Waals surface area contributed by atoms with Crippen molar-refractivity contribution in [2.45, 2.75) is 33.1 Å². The van der Waals surface area contributed by atoms with Crippen LogP contribution in [0.2, 0.25) is 0 Å². The molecule has 0 aromatic rings. The Balaban J connectivity index is 3.75. The molecule has 0 spiro atoms. The minimum absolute atomic E-state index is 0.0293. The first kappa shape index (κ1) is 11.0. The Morgan fingerprint density at radius 3 is 2.50 bits per heavy atom. The zero-order chi connectivity index (χ0) is 9.56. The Morgan fingerprint density at radius 1 is 1.58 bits per heavy atom. The molecule has 0 radical (unpaired) electrons. The monoisotopic (exact) mass is 169 g/mol. The topological polar surface area (TPSA) is 61.1 Å². The molecule has 0 aromatic carbocycles. The van der Waals surface area contributed by atoms with Crippen molar-refractivity contribution in [3.63, 3.8) is 0 Å². The van der Waals surface area contributed by atoms with E-state index in [1.54, 1.807) is 0 Å². The number of nitriles is 1. The Labute approximate surface area is 73.0 Å². The third-order valence-electron chi connectivity index (χ3n) is 2.01. The van der Waals surface area contributed by atoms with E-state index in [2.05, 4.69) is 6.07 Å². The van der Waals surface area contributed by atoms with Gasteiger partial charge in [0, 0.05) is 5.92 Å². The van der Waals surface area contributed by atoms with Gasteiger partial charge in [0.05, 0.1) is 12.0 Å². The number of hydrogen-bond acceptors (Lipinski definition) is 2. The lowest BCUT2D eigenvalue weighted by atomic mass is 9.96. The van der Waals surface area contributed by atoms with Gasteiger partial charge in [-0.1, -0.05) is 6.92 Å². The lowest BCUT2D eigenvalue weighted by molar-refractivity contribution is -0.142. The van der Waals surface area contributed by atoms with E-state index in [-0.39, 0.29) is 11.8 Å². The average Bonchev–Trinajstić information content (AvgIpc) is 2.04. The van der Waals surface area contributed by atoms with Crippen LogP contribution in [0.1, 0.15) is 33.1 Å². The van der Waals surface area contributed by atoms with E-state index in [1.807, 2.05) is 13.8 Å². The number of aliphatic carboxylic acids is 1. The molecule has 0 saturated carbocycles. The van der Waals surface area contributed by atoms with Crippen LogP contribution in [0.4, 0.5) is 0 Å². The van der Waals surface area contributed by atoms with Crippen LogP contribution in [-0.2, 0) is 4.79 Å². The van der Waals surface area contributed by atoms with Crippen LogP contribution in [0, 0.1) is 23.2 Å². The summed E-state index contributed by atoms with van der Waals surface area (Å²) < 4.78 is 0. The summed E-state index contributed by atoms with van der Waals surface area (Å²) in [4.78, 5) is 10.5. The van der Waals surface area contributed by atoms with Crippen molar-refractivity contribution in [1.29, 1.82) is 5.26 Å². The maximum absolute atomic E-state index is 10.5. The molecule has 3 nitrogen and oxygen atoms in total. The summed E-state index contributed by atoms with van der Waals surface area (Å²) in [6, 6.07) is 2.09. The SMILES string of the molecule is CCC(CCC(C)C#N)C(=O)O. The second kappa shape index (κ2) is 5.59. The molecule has 0 bridgehead atoms. The Hall–Kier alpha value is -1.04. The number of carboxylic acid groups (broad SMARTS) is 1. The highest BCUT2D eigenvalue weighted by atomic mass is 16.4. The lowest BCUT2D eigenvalue weighted by Crippen LogP contribution is -2.13. The molecule has 2 unspecified atom stereocenters. The third-order valence-corrected chi connectivity index (χ3v) is 2.01. The van der Waals surface area contributed by atoms with Gasteiger partial charge in [0.15, 0.2) is 0 Å². The molecule has 0 saturated heterocycles. The Morgan fingerprint density at radius 2 is 2.17 bits per heavy atom. The highest BCUT2D eigenvalue weighted by Gasteiger charge is 2.15. The fourth-order valence-electron chi connectivity index (χ4n) is 1.02. The van der Waals surface area contributed by atoms with E-state index >= 15 is 0 Å². The molecule has 0 amide bonds. The maximum Gasteiger partial charge on any atom is 0.306 e. The van der Waals surface area contributed by atoms with Crippen LogP contribution >= 0.6 is 0 Å². The first-order valence-electron chi connectivity index (χ1n) is 4.24. The van der Waals surface area contributed by atoms with Crippen molar-refractivity contribution in [2.24, 2.45) is 11.8 Å². The van der Waals surface area contributed by atoms with Crippen LogP contribution in [0.5, 0.6) is 0 Å². The molecule has 3 heteroatoms. The summed E-state index contributed by atoms with van der Waals surface area (Å²) in [7, 11) is 0. The van der Waals surface area contributed by atoms with E-state index in [9.17, 15) is 4.79 Å². The highest BCUT2D eigenvalue weighted by Crippen LogP contribution is 2.15. The largest absolute Gasteiger partial charge is 0.481 e. The predicted molar refractivity (Wildman–Crippen MR) is 45.4 cm³/mol. The van der Waals surface area contributed by atoms with Gasteiger partial charge < -0.3 is 5.11 Å². The summed E-state index contributed by atoms with van der Waals surface area (Å²) in [6.07, 6.45) is 1.94.